The normalized spacial score (nSPS) is 14.6. The van der Waals surface area contributed by atoms with E-state index in [9.17, 15) is 10.2 Å². The topological polar surface area (TPSA) is 40.5 Å². The summed E-state index contributed by atoms with van der Waals surface area (Å²) in [5, 5.41) is 19.1. The lowest BCUT2D eigenvalue weighted by atomic mass is 9.71. The van der Waals surface area contributed by atoms with Crippen LogP contribution in [0.4, 0.5) is 0 Å². The van der Waals surface area contributed by atoms with Crippen molar-refractivity contribution >= 4 is 0 Å². The molecule has 0 spiro atoms. The molecule has 1 aliphatic carbocycles. The van der Waals surface area contributed by atoms with E-state index in [-0.39, 0.29) is 18.6 Å². The molecule has 3 rings (SSSR count). The molecule has 2 heteroatoms. The van der Waals surface area contributed by atoms with Crippen LogP contribution in [0.15, 0.2) is 36.4 Å². The van der Waals surface area contributed by atoms with Gasteiger partial charge in [0.2, 0.25) is 0 Å². The first kappa shape index (κ1) is 16.2. The fraction of sp³-hybridized carbons (Fsp3) is 0.429. The number of rotatable bonds is 6. The Hall–Kier alpha value is -1.64. The van der Waals surface area contributed by atoms with Gasteiger partial charge in [0.15, 0.2) is 0 Å². The van der Waals surface area contributed by atoms with Gasteiger partial charge in [-0.3, -0.25) is 0 Å². The van der Waals surface area contributed by atoms with Gasteiger partial charge in [-0.2, -0.15) is 0 Å². The summed E-state index contributed by atoms with van der Waals surface area (Å²) in [6.07, 6.45) is 4.44. The Kier molecular flexibility index (Phi) is 4.56. The van der Waals surface area contributed by atoms with Gasteiger partial charge < -0.3 is 10.2 Å². The van der Waals surface area contributed by atoms with Crippen molar-refractivity contribution in [3.05, 3.63) is 58.7 Å². The van der Waals surface area contributed by atoms with Gasteiger partial charge in [0, 0.05) is 5.41 Å². The molecular formula is C21H26O2. The van der Waals surface area contributed by atoms with Crippen LogP contribution < -0.4 is 0 Å². The highest BCUT2D eigenvalue weighted by Gasteiger charge is 2.41. The second-order valence-electron chi connectivity index (χ2n) is 6.66. The van der Waals surface area contributed by atoms with E-state index in [2.05, 4.69) is 38.1 Å². The van der Waals surface area contributed by atoms with E-state index < -0.39 is 0 Å². The van der Waals surface area contributed by atoms with Crippen LogP contribution in [-0.2, 0) is 18.6 Å². The van der Waals surface area contributed by atoms with Crippen LogP contribution in [0, 0.1) is 0 Å². The third-order valence-electron chi connectivity index (χ3n) is 5.21. The van der Waals surface area contributed by atoms with Gasteiger partial charge in [0.05, 0.1) is 13.2 Å². The molecule has 0 fully saturated rings. The van der Waals surface area contributed by atoms with Crippen molar-refractivity contribution in [3.8, 4) is 11.1 Å². The van der Waals surface area contributed by atoms with Gasteiger partial charge in [-0.1, -0.05) is 63.1 Å². The van der Waals surface area contributed by atoms with Gasteiger partial charge >= 0.3 is 0 Å². The predicted octanol–water partition coefficient (Wildman–Crippen LogP) is 4.54. The molecule has 2 N–H and O–H groups in total. The van der Waals surface area contributed by atoms with Gasteiger partial charge in [-0.05, 0) is 46.2 Å². The summed E-state index contributed by atoms with van der Waals surface area (Å²) >= 11 is 0. The number of aliphatic hydroxyl groups excluding tert-OH is 2. The number of hydrogen-bond donors (Lipinski definition) is 2. The summed E-state index contributed by atoms with van der Waals surface area (Å²) in [5.74, 6) is 0. The second kappa shape index (κ2) is 6.46. The van der Waals surface area contributed by atoms with Crippen LogP contribution in [0.3, 0.4) is 0 Å². The van der Waals surface area contributed by atoms with Crippen molar-refractivity contribution < 1.29 is 10.2 Å². The van der Waals surface area contributed by atoms with Crippen LogP contribution >= 0.6 is 0 Å². The smallest absolute Gasteiger partial charge is 0.0681 e. The molecule has 122 valence electrons. The molecular weight excluding hydrogens is 284 g/mol. The van der Waals surface area contributed by atoms with Crippen LogP contribution in [-0.4, -0.2) is 10.2 Å². The molecule has 0 aliphatic heterocycles. The van der Waals surface area contributed by atoms with Crippen molar-refractivity contribution in [2.24, 2.45) is 0 Å². The Labute approximate surface area is 138 Å². The number of hydrogen-bond acceptors (Lipinski definition) is 2. The van der Waals surface area contributed by atoms with Crippen molar-refractivity contribution in [1.82, 2.24) is 0 Å². The van der Waals surface area contributed by atoms with Crippen molar-refractivity contribution in [2.75, 3.05) is 0 Å². The summed E-state index contributed by atoms with van der Waals surface area (Å²) in [7, 11) is 0. The van der Waals surface area contributed by atoms with E-state index in [1.165, 1.54) is 22.3 Å². The average molecular weight is 310 g/mol. The van der Waals surface area contributed by atoms with E-state index in [0.29, 0.717) is 0 Å². The quantitative estimate of drug-likeness (QED) is 0.822. The van der Waals surface area contributed by atoms with Crippen molar-refractivity contribution in [3.63, 3.8) is 0 Å². The Morgan fingerprint density at radius 2 is 1.17 bits per heavy atom. The first-order valence-corrected chi connectivity index (χ1v) is 8.69. The molecule has 0 atom stereocenters. The zero-order chi connectivity index (χ0) is 16.4. The zero-order valence-corrected chi connectivity index (χ0v) is 14.1. The Balaban J connectivity index is 2.28. The number of fused-ring (bicyclic) bond motifs is 3. The van der Waals surface area contributed by atoms with E-state index >= 15 is 0 Å². The maximum Gasteiger partial charge on any atom is 0.0681 e. The third kappa shape index (κ3) is 2.50. The lowest BCUT2D eigenvalue weighted by molar-refractivity contribution is 0.281. The summed E-state index contributed by atoms with van der Waals surface area (Å²) in [4.78, 5) is 0. The molecule has 2 nitrogen and oxygen atoms in total. The van der Waals surface area contributed by atoms with E-state index in [4.69, 9.17) is 0 Å². The Bertz CT molecular complexity index is 641. The highest BCUT2D eigenvalue weighted by atomic mass is 16.3. The molecule has 23 heavy (non-hydrogen) atoms. The molecule has 0 aromatic heterocycles. The second-order valence-corrected chi connectivity index (χ2v) is 6.66. The minimum Gasteiger partial charge on any atom is -0.392 e. The van der Waals surface area contributed by atoms with Gasteiger partial charge in [-0.25, -0.2) is 0 Å². The fourth-order valence-corrected chi connectivity index (χ4v) is 4.30. The fourth-order valence-electron chi connectivity index (χ4n) is 4.30. The molecule has 0 unspecified atom stereocenters. The molecule has 0 radical (unpaired) electrons. The maximum absolute atomic E-state index is 9.56. The first-order valence-electron chi connectivity index (χ1n) is 8.69. The minimum atomic E-state index is 0.0184. The largest absolute Gasteiger partial charge is 0.392 e. The summed E-state index contributed by atoms with van der Waals surface area (Å²) in [5.41, 5.74) is 7.29. The van der Waals surface area contributed by atoms with E-state index in [1.807, 2.05) is 12.1 Å². The Morgan fingerprint density at radius 3 is 1.52 bits per heavy atom. The molecule has 0 amide bonds. The standard InChI is InChI=1S/C21H26O2/c1-3-9-21(10-4-2)19-11-15(13-22)5-7-17(19)18-8-6-16(14-23)12-20(18)21/h5-8,11-12,22-23H,3-4,9-10,13-14H2,1-2H3. The highest BCUT2D eigenvalue weighted by molar-refractivity contribution is 5.81. The van der Waals surface area contributed by atoms with Crippen LogP contribution in [0.5, 0.6) is 0 Å². The molecule has 2 aromatic rings. The summed E-state index contributed by atoms with van der Waals surface area (Å²) in [6, 6.07) is 12.8. The summed E-state index contributed by atoms with van der Waals surface area (Å²) in [6.45, 7) is 4.64. The number of benzene rings is 2. The molecule has 0 saturated carbocycles. The van der Waals surface area contributed by atoms with E-state index in [0.717, 1.165) is 36.8 Å². The van der Waals surface area contributed by atoms with Crippen molar-refractivity contribution in [2.45, 2.75) is 58.2 Å². The summed E-state index contributed by atoms with van der Waals surface area (Å²) < 4.78 is 0. The lowest BCUT2D eigenvalue weighted by Gasteiger charge is -2.32. The number of aliphatic hydroxyl groups is 2. The Morgan fingerprint density at radius 1 is 0.739 bits per heavy atom. The van der Waals surface area contributed by atoms with Crippen LogP contribution in [0.25, 0.3) is 11.1 Å². The van der Waals surface area contributed by atoms with E-state index in [1.54, 1.807) is 0 Å². The van der Waals surface area contributed by atoms with Crippen LogP contribution in [0.2, 0.25) is 0 Å². The lowest BCUT2D eigenvalue weighted by Crippen LogP contribution is -2.25. The molecule has 0 saturated heterocycles. The predicted molar refractivity (Wildman–Crippen MR) is 94.3 cm³/mol. The molecule has 1 aliphatic rings. The highest BCUT2D eigenvalue weighted by Crippen LogP contribution is 2.54. The van der Waals surface area contributed by atoms with Crippen molar-refractivity contribution in [1.29, 1.82) is 0 Å². The monoisotopic (exact) mass is 310 g/mol. The average Bonchev–Trinajstić information content (AvgIpc) is 2.85. The SMILES string of the molecule is CCCC1(CCC)c2cc(CO)ccc2-c2ccc(CO)cc21. The first-order chi connectivity index (χ1) is 11.2. The van der Waals surface area contributed by atoms with Gasteiger partial charge in [0.25, 0.3) is 0 Å². The zero-order valence-electron chi connectivity index (χ0n) is 14.1. The molecule has 2 aromatic carbocycles. The maximum atomic E-state index is 9.56. The minimum absolute atomic E-state index is 0.0184. The van der Waals surface area contributed by atoms with Gasteiger partial charge in [0.1, 0.15) is 0 Å². The van der Waals surface area contributed by atoms with Crippen LogP contribution in [0.1, 0.15) is 61.8 Å². The molecule has 0 bridgehead atoms. The van der Waals surface area contributed by atoms with Gasteiger partial charge in [-0.15, -0.1) is 0 Å². The molecule has 0 heterocycles. The third-order valence-corrected chi connectivity index (χ3v) is 5.21.